The van der Waals surface area contributed by atoms with Crippen LogP contribution in [0.4, 0.5) is 0 Å². The molecule has 0 spiro atoms. The Labute approximate surface area is 186 Å². The third-order valence-corrected chi connectivity index (χ3v) is 8.20. The first-order valence-corrected chi connectivity index (χ1v) is 12.8. The van der Waals surface area contributed by atoms with Crippen LogP contribution in [0.1, 0.15) is 26.4 Å². The van der Waals surface area contributed by atoms with Gasteiger partial charge in [-0.25, -0.2) is 13.1 Å². The van der Waals surface area contributed by atoms with Gasteiger partial charge in [-0.2, -0.15) is 0 Å². The van der Waals surface area contributed by atoms with Crippen LogP contribution in [-0.2, 0) is 15.8 Å². The minimum atomic E-state index is -3.62. The van der Waals surface area contributed by atoms with Gasteiger partial charge in [0.15, 0.2) is 0 Å². The number of sulfonamides is 1. The van der Waals surface area contributed by atoms with E-state index in [-0.39, 0.29) is 23.9 Å². The van der Waals surface area contributed by atoms with Crippen molar-refractivity contribution in [1.82, 2.24) is 10.0 Å². The maximum Gasteiger partial charge on any atom is 0.252 e. The summed E-state index contributed by atoms with van der Waals surface area (Å²) < 4.78 is 27.7. The highest BCUT2D eigenvalue weighted by Crippen LogP contribution is 2.27. The summed E-state index contributed by atoms with van der Waals surface area (Å²) >= 11 is 3.30. The molecule has 0 aliphatic rings. The standard InChI is InChI=1S/C22H24N2O3S3/c1-16-9-10-17(2)21(14-16)30(26,27)24-12-11-23-22(25)19-7-3-4-8-20(19)29-15-18-6-5-13-28-18/h3-10,13-14,24H,11-12,15H2,1-2H3,(H,23,25). The molecule has 30 heavy (non-hydrogen) atoms. The number of thiophene rings is 1. The predicted molar refractivity (Wildman–Crippen MR) is 124 cm³/mol. The number of carbonyl (C=O) groups excluding carboxylic acids is 1. The second-order valence-electron chi connectivity index (χ2n) is 6.79. The van der Waals surface area contributed by atoms with E-state index in [1.807, 2.05) is 42.6 Å². The average molecular weight is 461 g/mol. The van der Waals surface area contributed by atoms with E-state index < -0.39 is 10.0 Å². The van der Waals surface area contributed by atoms with Crippen LogP contribution in [-0.4, -0.2) is 27.4 Å². The monoisotopic (exact) mass is 460 g/mol. The van der Waals surface area contributed by atoms with E-state index in [1.165, 1.54) is 4.88 Å². The van der Waals surface area contributed by atoms with E-state index in [0.29, 0.717) is 11.1 Å². The number of benzene rings is 2. The first-order chi connectivity index (χ1) is 14.4. The first kappa shape index (κ1) is 22.6. The number of rotatable bonds is 9. The first-order valence-electron chi connectivity index (χ1n) is 9.46. The van der Waals surface area contributed by atoms with Gasteiger partial charge >= 0.3 is 0 Å². The number of hydrogen-bond acceptors (Lipinski definition) is 5. The molecule has 0 aliphatic carbocycles. The van der Waals surface area contributed by atoms with Gasteiger partial charge < -0.3 is 5.32 Å². The van der Waals surface area contributed by atoms with Crippen molar-refractivity contribution in [2.24, 2.45) is 0 Å². The third kappa shape index (κ3) is 5.95. The zero-order valence-corrected chi connectivity index (χ0v) is 19.3. The third-order valence-electron chi connectivity index (χ3n) is 4.42. The molecule has 0 fully saturated rings. The number of carbonyl (C=O) groups is 1. The van der Waals surface area contributed by atoms with E-state index in [4.69, 9.17) is 0 Å². The maximum absolute atomic E-state index is 12.6. The quantitative estimate of drug-likeness (QED) is 0.367. The Morgan fingerprint density at radius 1 is 1.03 bits per heavy atom. The molecule has 0 saturated carbocycles. The highest BCUT2D eigenvalue weighted by molar-refractivity contribution is 7.98. The van der Waals surface area contributed by atoms with Crippen molar-refractivity contribution in [1.29, 1.82) is 0 Å². The van der Waals surface area contributed by atoms with Crippen molar-refractivity contribution in [3.05, 3.63) is 81.5 Å². The normalized spacial score (nSPS) is 11.4. The number of aryl methyl sites for hydroxylation is 2. The van der Waals surface area contributed by atoms with Crippen LogP contribution in [0, 0.1) is 13.8 Å². The fraction of sp³-hybridized carbons (Fsp3) is 0.227. The molecule has 0 aliphatic heterocycles. The van der Waals surface area contributed by atoms with Crippen LogP contribution in [0.5, 0.6) is 0 Å². The Bertz CT molecular complexity index is 1110. The van der Waals surface area contributed by atoms with Gasteiger partial charge in [0.25, 0.3) is 5.91 Å². The summed E-state index contributed by atoms with van der Waals surface area (Å²) in [5.41, 5.74) is 2.16. The molecule has 5 nitrogen and oxygen atoms in total. The van der Waals surface area contributed by atoms with Gasteiger partial charge in [0.2, 0.25) is 10.0 Å². The van der Waals surface area contributed by atoms with Crippen LogP contribution >= 0.6 is 23.1 Å². The SMILES string of the molecule is Cc1ccc(C)c(S(=O)(=O)NCCNC(=O)c2ccccc2SCc2cccs2)c1. The summed E-state index contributed by atoms with van der Waals surface area (Å²) in [5, 5.41) is 4.84. The lowest BCUT2D eigenvalue weighted by molar-refractivity contribution is 0.0951. The van der Waals surface area contributed by atoms with Crippen molar-refractivity contribution in [2.75, 3.05) is 13.1 Å². The molecule has 8 heteroatoms. The van der Waals surface area contributed by atoms with Gasteiger partial charge in [-0.05, 0) is 54.6 Å². The Morgan fingerprint density at radius 2 is 1.83 bits per heavy atom. The molecule has 2 N–H and O–H groups in total. The van der Waals surface area contributed by atoms with Crippen LogP contribution in [0.15, 0.2) is 69.8 Å². The lowest BCUT2D eigenvalue weighted by atomic mass is 10.2. The van der Waals surface area contributed by atoms with Gasteiger partial charge in [-0.1, -0.05) is 30.3 Å². The molecule has 158 valence electrons. The number of hydrogen-bond donors (Lipinski definition) is 2. The van der Waals surface area contributed by atoms with Crippen LogP contribution in [0.2, 0.25) is 0 Å². The lowest BCUT2D eigenvalue weighted by Gasteiger charge is -2.12. The summed E-state index contributed by atoms with van der Waals surface area (Å²) in [6.45, 7) is 3.94. The summed E-state index contributed by atoms with van der Waals surface area (Å²) in [6, 6.07) is 16.8. The summed E-state index contributed by atoms with van der Waals surface area (Å²) in [5.74, 6) is 0.590. The Kier molecular flexibility index (Phi) is 7.71. The molecule has 0 bridgehead atoms. The molecule has 0 saturated heterocycles. The molecule has 0 radical (unpaired) electrons. The number of amides is 1. The number of nitrogens with one attached hydrogen (secondary N) is 2. The summed E-state index contributed by atoms with van der Waals surface area (Å²) in [7, 11) is -3.62. The van der Waals surface area contributed by atoms with Crippen LogP contribution in [0.25, 0.3) is 0 Å². The molecule has 3 rings (SSSR count). The highest BCUT2D eigenvalue weighted by atomic mass is 32.2. The predicted octanol–water partition coefficient (Wildman–Crippen LogP) is 4.37. The van der Waals surface area contributed by atoms with E-state index >= 15 is 0 Å². The molecule has 3 aromatic rings. The van der Waals surface area contributed by atoms with Crippen LogP contribution in [0.3, 0.4) is 0 Å². The second kappa shape index (κ2) is 10.3. The van der Waals surface area contributed by atoms with E-state index in [9.17, 15) is 13.2 Å². The average Bonchev–Trinajstić information content (AvgIpc) is 3.25. The molecule has 0 atom stereocenters. The number of thioether (sulfide) groups is 1. The molecule has 1 amide bonds. The smallest absolute Gasteiger partial charge is 0.252 e. The largest absolute Gasteiger partial charge is 0.351 e. The van der Waals surface area contributed by atoms with Gasteiger partial charge in [-0.3, -0.25) is 4.79 Å². The fourth-order valence-corrected chi connectivity index (χ4v) is 6.04. The maximum atomic E-state index is 12.6. The van der Waals surface area contributed by atoms with Crippen molar-refractivity contribution in [3.8, 4) is 0 Å². The van der Waals surface area contributed by atoms with Gasteiger partial charge in [-0.15, -0.1) is 23.1 Å². The van der Waals surface area contributed by atoms with E-state index in [0.717, 1.165) is 16.2 Å². The molecular formula is C22H24N2O3S3. The van der Waals surface area contributed by atoms with E-state index in [1.54, 1.807) is 48.2 Å². The fourth-order valence-electron chi connectivity index (χ4n) is 2.85. The summed E-state index contributed by atoms with van der Waals surface area (Å²) in [6.07, 6.45) is 0. The lowest BCUT2D eigenvalue weighted by Crippen LogP contribution is -2.35. The van der Waals surface area contributed by atoms with Crippen molar-refractivity contribution in [3.63, 3.8) is 0 Å². The Balaban J connectivity index is 1.55. The topological polar surface area (TPSA) is 75.3 Å². The Morgan fingerprint density at radius 3 is 2.60 bits per heavy atom. The zero-order valence-electron chi connectivity index (χ0n) is 16.8. The minimum Gasteiger partial charge on any atom is -0.351 e. The van der Waals surface area contributed by atoms with Crippen molar-refractivity contribution < 1.29 is 13.2 Å². The highest BCUT2D eigenvalue weighted by Gasteiger charge is 2.17. The van der Waals surface area contributed by atoms with Crippen molar-refractivity contribution >= 4 is 39.0 Å². The zero-order chi connectivity index (χ0) is 21.6. The van der Waals surface area contributed by atoms with Gasteiger partial charge in [0.05, 0.1) is 10.5 Å². The molecule has 1 aromatic heterocycles. The summed E-state index contributed by atoms with van der Waals surface area (Å²) in [4.78, 5) is 15.0. The van der Waals surface area contributed by atoms with E-state index in [2.05, 4.69) is 16.1 Å². The van der Waals surface area contributed by atoms with Gasteiger partial charge in [0, 0.05) is 28.6 Å². The molecule has 2 aromatic carbocycles. The molecular weight excluding hydrogens is 436 g/mol. The molecule has 0 unspecified atom stereocenters. The second-order valence-corrected chi connectivity index (χ2v) is 10.6. The minimum absolute atomic E-state index is 0.117. The van der Waals surface area contributed by atoms with Gasteiger partial charge in [0.1, 0.15) is 0 Å². The Hall–Kier alpha value is -2.13. The van der Waals surface area contributed by atoms with Crippen LogP contribution < -0.4 is 10.0 Å². The molecule has 1 heterocycles. The van der Waals surface area contributed by atoms with Crippen molar-refractivity contribution in [2.45, 2.75) is 29.4 Å².